The van der Waals surface area contributed by atoms with E-state index >= 15 is 0 Å². The van der Waals surface area contributed by atoms with Crippen LogP contribution in [0.25, 0.3) is 16.6 Å². The molecule has 4 rings (SSSR count). The standard InChI is InChI=1S/C22H22F3N5/c1-12(16-4-3-5-17(19(16)23)20(24)25)28-22-18-10-15(14-6-8-26-9-7-14)11-27-21(18)29-13(2)30-22/h3-6,10-12,20,26H,7-9H2,1-2H3,(H,27,28,29,30). The third-order valence-electron chi connectivity index (χ3n) is 5.21. The lowest BCUT2D eigenvalue weighted by Crippen LogP contribution is -2.20. The number of halogens is 3. The second-order valence-electron chi connectivity index (χ2n) is 7.32. The van der Waals surface area contributed by atoms with Crippen molar-refractivity contribution in [3.05, 3.63) is 64.9 Å². The average Bonchev–Trinajstić information content (AvgIpc) is 2.74. The van der Waals surface area contributed by atoms with E-state index in [0.717, 1.165) is 31.1 Å². The molecule has 1 atom stereocenters. The molecule has 3 aromatic rings. The highest BCUT2D eigenvalue weighted by Gasteiger charge is 2.20. The van der Waals surface area contributed by atoms with E-state index in [1.807, 2.05) is 6.07 Å². The molecule has 1 unspecified atom stereocenters. The van der Waals surface area contributed by atoms with Gasteiger partial charge in [0.1, 0.15) is 17.5 Å². The zero-order valence-corrected chi connectivity index (χ0v) is 16.7. The summed E-state index contributed by atoms with van der Waals surface area (Å²) in [5.41, 5.74) is 2.25. The van der Waals surface area contributed by atoms with Crippen LogP contribution in [0.4, 0.5) is 19.0 Å². The molecule has 0 saturated carbocycles. The number of rotatable bonds is 5. The van der Waals surface area contributed by atoms with Crippen molar-refractivity contribution >= 4 is 22.4 Å². The highest BCUT2D eigenvalue weighted by atomic mass is 19.3. The van der Waals surface area contributed by atoms with Crippen LogP contribution >= 0.6 is 0 Å². The van der Waals surface area contributed by atoms with Crippen molar-refractivity contribution in [1.29, 1.82) is 0 Å². The lowest BCUT2D eigenvalue weighted by Gasteiger charge is -2.19. The zero-order chi connectivity index (χ0) is 21.3. The Kier molecular flexibility index (Phi) is 5.67. The summed E-state index contributed by atoms with van der Waals surface area (Å²) in [7, 11) is 0. The van der Waals surface area contributed by atoms with Gasteiger partial charge in [-0.15, -0.1) is 0 Å². The normalized spacial score (nSPS) is 15.3. The molecule has 3 heterocycles. The van der Waals surface area contributed by atoms with E-state index in [9.17, 15) is 13.2 Å². The van der Waals surface area contributed by atoms with Gasteiger partial charge in [-0.3, -0.25) is 0 Å². The van der Waals surface area contributed by atoms with E-state index in [0.29, 0.717) is 22.7 Å². The monoisotopic (exact) mass is 413 g/mol. The average molecular weight is 413 g/mol. The van der Waals surface area contributed by atoms with E-state index in [1.165, 1.54) is 17.7 Å². The van der Waals surface area contributed by atoms with Crippen LogP contribution < -0.4 is 10.6 Å². The van der Waals surface area contributed by atoms with Gasteiger partial charge in [-0.2, -0.15) is 0 Å². The maximum atomic E-state index is 14.6. The number of nitrogens with zero attached hydrogens (tertiary/aromatic N) is 3. The van der Waals surface area contributed by atoms with Crippen LogP contribution in [-0.4, -0.2) is 28.0 Å². The molecular formula is C22H22F3N5. The van der Waals surface area contributed by atoms with Crippen molar-refractivity contribution in [2.45, 2.75) is 32.7 Å². The molecule has 0 amide bonds. The number of aryl methyl sites for hydroxylation is 1. The van der Waals surface area contributed by atoms with Crippen molar-refractivity contribution in [3.8, 4) is 0 Å². The summed E-state index contributed by atoms with van der Waals surface area (Å²) < 4.78 is 40.8. The van der Waals surface area contributed by atoms with E-state index in [4.69, 9.17) is 0 Å². The van der Waals surface area contributed by atoms with Crippen LogP contribution in [0.2, 0.25) is 0 Å². The molecule has 1 aliphatic rings. The summed E-state index contributed by atoms with van der Waals surface area (Å²) in [5.74, 6) is 0.109. The fourth-order valence-corrected chi connectivity index (χ4v) is 3.65. The van der Waals surface area contributed by atoms with Crippen LogP contribution in [0.3, 0.4) is 0 Å². The molecule has 0 fully saturated rings. The molecule has 1 aromatic carbocycles. The predicted molar refractivity (Wildman–Crippen MR) is 111 cm³/mol. The molecular weight excluding hydrogens is 391 g/mol. The number of benzene rings is 1. The Morgan fingerprint density at radius 2 is 1.97 bits per heavy atom. The maximum Gasteiger partial charge on any atom is 0.266 e. The van der Waals surface area contributed by atoms with Gasteiger partial charge in [-0.25, -0.2) is 28.1 Å². The summed E-state index contributed by atoms with van der Waals surface area (Å²) in [5, 5.41) is 7.15. The Bertz CT molecular complexity index is 1110. The minimum atomic E-state index is -2.87. The molecule has 5 nitrogen and oxygen atoms in total. The molecule has 2 N–H and O–H groups in total. The van der Waals surface area contributed by atoms with Crippen molar-refractivity contribution in [3.63, 3.8) is 0 Å². The minimum absolute atomic E-state index is 0.155. The fourth-order valence-electron chi connectivity index (χ4n) is 3.65. The van der Waals surface area contributed by atoms with Gasteiger partial charge < -0.3 is 10.6 Å². The number of hydrogen-bond acceptors (Lipinski definition) is 5. The van der Waals surface area contributed by atoms with Crippen LogP contribution in [0.1, 0.15) is 48.3 Å². The third kappa shape index (κ3) is 4.00. The largest absolute Gasteiger partial charge is 0.363 e. The van der Waals surface area contributed by atoms with Gasteiger partial charge in [-0.1, -0.05) is 24.3 Å². The molecule has 2 aromatic heterocycles. The van der Waals surface area contributed by atoms with Gasteiger partial charge in [-0.05, 0) is 44.0 Å². The summed E-state index contributed by atoms with van der Waals surface area (Å²) in [6.07, 6.45) is 1.95. The van der Waals surface area contributed by atoms with Crippen LogP contribution in [0, 0.1) is 12.7 Å². The van der Waals surface area contributed by atoms with E-state index < -0.39 is 23.8 Å². The topological polar surface area (TPSA) is 62.7 Å². The first kappa shape index (κ1) is 20.3. The van der Waals surface area contributed by atoms with Crippen molar-refractivity contribution in [2.24, 2.45) is 0 Å². The van der Waals surface area contributed by atoms with Gasteiger partial charge in [0.2, 0.25) is 0 Å². The number of anilines is 1. The van der Waals surface area contributed by atoms with Gasteiger partial charge >= 0.3 is 0 Å². The highest BCUT2D eigenvalue weighted by Crippen LogP contribution is 2.31. The molecule has 30 heavy (non-hydrogen) atoms. The van der Waals surface area contributed by atoms with Crippen LogP contribution in [-0.2, 0) is 0 Å². The number of fused-ring (bicyclic) bond motifs is 1. The number of hydrogen-bond donors (Lipinski definition) is 2. The first-order chi connectivity index (χ1) is 14.4. The van der Waals surface area contributed by atoms with Gasteiger partial charge in [0, 0.05) is 18.3 Å². The minimum Gasteiger partial charge on any atom is -0.363 e. The first-order valence-corrected chi connectivity index (χ1v) is 9.81. The van der Waals surface area contributed by atoms with E-state index in [-0.39, 0.29) is 5.56 Å². The Morgan fingerprint density at radius 3 is 2.70 bits per heavy atom. The number of aromatic nitrogens is 3. The molecule has 0 spiro atoms. The summed E-state index contributed by atoms with van der Waals surface area (Å²) in [6.45, 7) is 5.16. The Labute approximate surface area is 172 Å². The Balaban J connectivity index is 1.73. The zero-order valence-electron chi connectivity index (χ0n) is 16.7. The highest BCUT2D eigenvalue weighted by molar-refractivity contribution is 5.89. The predicted octanol–water partition coefficient (Wildman–Crippen LogP) is 4.96. The molecule has 0 aliphatic carbocycles. The van der Waals surface area contributed by atoms with Gasteiger partial charge in [0.25, 0.3) is 6.43 Å². The lowest BCUT2D eigenvalue weighted by molar-refractivity contribution is 0.146. The quantitative estimate of drug-likeness (QED) is 0.619. The summed E-state index contributed by atoms with van der Waals surface area (Å²) >= 11 is 0. The second-order valence-corrected chi connectivity index (χ2v) is 7.32. The van der Waals surface area contributed by atoms with Crippen molar-refractivity contribution in [2.75, 3.05) is 18.4 Å². The second kappa shape index (κ2) is 8.39. The molecule has 1 aliphatic heterocycles. The van der Waals surface area contributed by atoms with E-state index in [2.05, 4.69) is 31.7 Å². The Morgan fingerprint density at radius 1 is 1.17 bits per heavy atom. The van der Waals surface area contributed by atoms with Crippen molar-refractivity contribution in [1.82, 2.24) is 20.3 Å². The number of nitrogens with one attached hydrogen (secondary N) is 2. The molecule has 0 radical (unpaired) electrons. The van der Waals surface area contributed by atoms with Crippen molar-refractivity contribution < 1.29 is 13.2 Å². The van der Waals surface area contributed by atoms with Gasteiger partial charge in [0.15, 0.2) is 5.65 Å². The molecule has 0 bridgehead atoms. The van der Waals surface area contributed by atoms with Crippen LogP contribution in [0.5, 0.6) is 0 Å². The van der Waals surface area contributed by atoms with Crippen LogP contribution in [0.15, 0.2) is 36.5 Å². The fraction of sp³-hybridized carbons (Fsp3) is 0.318. The molecule has 156 valence electrons. The third-order valence-corrected chi connectivity index (χ3v) is 5.21. The SMILES string of the molecule is Cc1nc(NC(C)c2cccc(C(F)F)c2F)c2cc(C3=CCNCC3)cnc2n1. The Hall–Kier alpha value is -3.00. The smallest absolute Gasteiger partial charge is 0.266 e. The molecule has 8 heteroatoms. The van der Waals surface area contributed by atoms with E-state index in [1.54, 1.807) is 20.0 Å². The first-order valence-electron chi connectivity index (χ1n) is 9.81. The number of pyridine rings is 1. The maximum absolute atomic E-state index is 14.6. The summed E-state index contributed by atoms with van der Waals surface area (Å²) in [4.78, 5) is 13.4. The molecule has 0 saturated heterocycles. The lowest BCUT2D eigenvalue weighted by atomic mass is 10.0. The van der Waals surface area contributed by atoms with Gasteiger partial charge in [0.05, 0.1) is 17.0 Å². The summed E-state index contributed by atoms with van der Waals surface area (Å²) in [6, 6.07) is 5.43. The number of alkyl halides is 2.